The molecule has 6 heteroatoms. The molecule has 0 aromatic heterocycles. The van der Waals surface area contributed by atoms with Gasteiger partial charge in [-0.3, -0.25) is 9.69 Å². The van der Waals surface area contributed by atoms with Crippen LogP contribution in [-0.2, 0) is 9.53 Å². The van der Waals surface area contributed by atoms with E-state index in [1.54, 1.807) is 6.07 Å². The van der Waals surface area contributed by atoms with Gasteiger partial charge in [0.2, 0.25) is 0 Å². The second-order valence-electron chi connectivity index (χ2n) is 4.44. The first kappa shape index (κ1) is 14.8. The predicted molar refractivity (Wildman–Crippen MR) is 76.5 cm³/mol. The van der Waals surface area contributed by atoms with E-state index < -0.39 is 5.97 Å². The molecule has 0 radical (unpaired) electrons. The number of nitrogens with zero attached hydrogens (tertiary/aromatic N) is 1. The average molecular weight is 349 g/mol. The third-order valence-corrected chi connectivity index (χ3v) is 4.40. The molecule has 1 saturated heterocycles. The van der Waals surface area contributed by atoms with Crippen LogP contribution < -0.4 is 0 Å². The lowest BCUT2D eigenvalue weighted by Gasteiger charge is -2.34. The summed E-state index contributed by atoms with van der Waals surface area (Å²) < 4.78 is 6.10. The summed E-state index contributed by atoms with van der Waals surface area (Å²) in [4.78, 5) is 13.2. The molecule has 0 aliphatic carbocycles. The minimum atomic E-state index is -0.803. The van der Waals surface area contributed by atoms with E-state index in [0.29, 0.717) is 18.2 Å². The Bertz CT molecular complexity index is 463. The van der Waals surface area contributed by atoms with Gasteiger partial charge in [-0.1, -0.05) is 17.7 Å². The maximum Gasteiger partial charge on any atom is 0.305 e. The lowest BCUT2D eigenvalue weighted by atomic mass is 10.0. The number of carbonyl (C=O) groups is 1. The number of rotatable bonds is 4. The summed E-state index contributed by atoms with van der Waals surface area (Å²) in [5.41, 5.74) is 0.959. The monoisotopic (exact) mass is 347 g/mol. The largest absolute Gasteiger partial charge is 0.481 e. The number of morpholine rings is 1. The highest BCUT2D eigenvalue weighted by atomic mass is 79.9. The zero-order chi connectivity index (χ0) is 13.8. The van der Waals surface area contributed by atoms with Gasteiger partial charge in [-0.25, -0.2) is 0 Å². The Morgan fingerprint density at radius 3 is 2.74 bits per heavy atom. The molecule has 104 valence electrons. The second kappa shape index (κ2) is 6.70. The van der Waals surface area contributed by atoms with Crippen LogP contribution in [0.15, 0.2) is 22.7 Å². The van der Waals surface area contributed by atoms with Crippen molar-refractivity contribution >= 4 is 33.5 Å². The number of halogens is 2. The lowest BCUT2D eigenvalue weighted by molar-refractivity contribution is -0.139. The number of hydrogen-bond donors (Lipinski definition) is 1. The fraction of sp³-hybridized carbons (Fsp3) is 0.462. The molecule has 0 amide bonds. The van der Waals surface area contributed by atoms with Crippen molar-refractivity contribution in [1.82, 2.24) is 4.90 Å². The molecule has 1 aromatic carbocycles. The average Bonchev–Trinajstić information content (AvgIpc) is 2.40. The number of aliphatic carboxylic acids is 1. The molecule has 19 heavy (non-hydrogen) atoms. The van der Waals surface area contributed by atoms with Crippen LogP contribution in [0, 0.1) is 0 Å². The van der Waals surface area contributed by atoms with Crippen molar-refractivity contribution in [3.8, 4) is 0 Å². The van der Waals surface area contributed by atoms with Crippen molar-refractivity contribution in [3.05, 3.63) is 33.3 Å². The maximum atomic E-state index is 11.1. The predicted octanol–water partition coefficient (Wildman–Crippen LogP) is 2.95. The van der Waals surface area contributed by atoms with Gasteiger partial charge in [0.1, 0.15) is 0 Å². The first-order valence-corrected chi connectivity index (χ1v) is 7.23. The van der Waals surface area contributed by atoms with Gasteiger partial charge in [0.15, 0.2) is 0 Å². The standard InChI is InChI=1S/C13H15BrClNO3/c14-10-7-9(1-2-11(10)15)12(8-13(17)18)16-3-5-19-6-4-16/h1-2,7,12H,3-6,8H2,(H,17,18). The molecule has 0 bridgehead atoms. The van der Waals surface area contributed by atoms with Gasteiger partial charge in [-0.2, -0.15) is 0 Å². The molecule has 1 heterocycles. The van der Waals surface area contributed by atoms with E-state index in [9.17, 15) is 4.79 Å². The third kappa shape index (κ3) is 3.92. The molecule has 1 aliphatic heterocycles. The smallest absolute Gasteiger partial charge is 0.305 e. The number of hydrogen-bond acceptors (Lipinski definition) is 3. The Labute approximate surface area is 125 Å². The molecule has 1 N–H and O–H groups in total. The highest BCUT2D eigenvalue weighted by Crippen LogP contribution is 2.31. The lowest BCUT2D eigenvalue weighted by Crippen LogP contribution is -2.39. The summed E-state index contributed by atoms with van der Waals surface area (Å²) in [5, 5.41) is 9.73. The second-order valence-corrected chi connectivity index (χ2v) is 5.70. The van der Waals surface area contributed by atoms with E-state index in [-0.39, 0.29) is 12.5 Å². The van der Waals surface area contributed by atoms with Gasteiger partial charge < -0.3 is 9.84 Å². The maximum absolute atomic E-state index is 11.1. The Hall–Kier alpha value is -0.620. The summed E-state index contributed by atoms with van der Waals surface area (Å²) in [6, 6.07) is 5.42. The van der Waals surface area contributed by atoms with Crippen LogP contribution in [0.5, 0.6) is 0 Å². The molecule has 0 spiro atoms. The van der Waals surface area contributed by atoms with Crippen molar-refractivity contribution in [2.24, 2.45) is 0 Å². The Morgan fingerprint density at radius 1 is 1.47 bits per heavy atom. The van der Waals surface area contributed by atoms with Crippen LogP contribution in [0.2, 0.25) is 5.02 Å². The Morgan fingerprint density at radius 2 is 2.16 bits per heavy atom. The molecular formula is C13H15BrClNO3. The highest BCUT2D eigenvalue weighted by Gasteiger charge is 2.25. The van der Waals surface area contributed by atoms with E-state index in [0.717, 1.165) is 23.1 Å². The van der Waals surface area contributed by atoms with Crippen molar-refractivity contribution < 1.29 is 14.6 Å². The summed E-state index contributed by atoms with van der Waals surface area (Å²) in [7, 11) is 0. The van der Waals surface area contributed by atoms with E-state index in [4.69, 9.17) is 21.4 Å². The normalized spacial score (nSPS) is 18.2. The molecule has 1 aliphatic rings. The Balaban J connectivity index is 2.24. The van der Waals surface area contributed by atoms with E-state index in [1.807, 2.05) is 12.1 Å². The fourth-order valence-corrected chi connectivity index (χ4v) is 2.75. The van der Waals surface area contributed by atoms with Crippen LogP contribution >= 0.6 is 27.5 Å². The van der Waals surface area contributed by atoms with E-state index in [1.165, 1.54) is 0 Å². The number of benzene rings is 1. The van der Waals surface area contributed by atoms with Gasteiger partial charge >= 0.3 is 5.97 Å². The zero-order valence-corrected chi connectivity index (χ0v) is 12.7. The zero-order valence-electron chi connectivity index (χ0n) is 10.3. The molecular weight excluding hydrogens is 334 g/mol. The van der Waals surface area contributed by atoms with Gasteiger partial charge in [-0.15, -0.1) is 0 Å². The molecule has 4 nitrogen and oxygen atoms in total. The molecule has 0 saturated carbocycles. The summed E-state index contributed by atoms with van der Waals surface area (Å²) in [5.74, 6) is -0.803. The number of carboxylic acids is 1. The quantitative estimate of drug-likeness (QED) is 0.909. The van der Waals surface area contributed by atoms with Crippen molar-refractivity contribution in [2.45, 2.75) is 12.5 Å². The van der Waals surface area contributed by atoms with Crippen molar-refractivity contribution in [2.75, 3.05) is 26.3 Å². The van der Waals surface area contributed by atoms with Gasteiger partial charge in [0, 0.05) is 23.6 Å². The first-order chi connectivity index (χ1) is 9.08. The summed E-state index contributed by atoms with van der Waals surface area (Å²) >= 11 is 9.36. The summed E-state index contributed by atoms with van der Waals surface area (Å²) in [6.45, 7) is 2.78. The van der Waals surface area contributed by atoms with Crippen LogP contribution in [0.4, 0.5) is 0 Å². The van der Waals surface area contributed by atoms with E-state index >= 15 is 0 Å². The molecule has 1 fully saturated rings. The van der Waals surface area contributed by atoms with Crippen LogP contribution in [0.3, 0.4) is 0 Å². The molecule has 1 atom stereocenters. The molecule has 1 aromatic rings. The van der Waals surface area contributed by atoms with Crippen molar-refractivity contribution in [1.29, 1.82) is 0 Å². The van der Waals surface area contributed by atoms with Gasteiger partial charge in [0.05, 0.1) is 24.7 Å². The van der Waals surface area contributed by atoms with Gasteiger partial charge in [-0.05, 0) is 33.6 Å². The van der Waals surface area contributed by atoms with Crippen LogP contribution in [0.1, 0.15) is 18.0 Å². The minimum absolute atomic E-state index is 0.0775. The first-order valence-electron chi connectivity index (χ1n) is 6.06. The molecule has 1 unspecified atom stereocenters. The minimum Gasteiger partial charge on any atom is -0.481 e. The highest BCUT2D eigenvalue weighted by molar-refractivity contribution is 9.10. The van der Waals surface area contributed by atoms with Crippen molar-refractivity contribution in [3.63, 3.8) is 0 Å². The third-order valence-electron chi connectivity index (χ3n) is 3.18. The van der Waals surface area contributed by atoms with Crippen LogP contribution in [-0.4, -0.2) is 42.3 Å². The number of carboxylic acid groups (broad SMARTS) is 1. The molecule has 2 rings (SSSR count). The topological polar surface area (TPSA) is 49.8 Å². The van der Waals surface area contributed by atoms with Gasteiger partial charge in [0.25, 0.3) is 0 Å². The SMILES string of the molecule is O=C(O)CC(c1ccc(Cl)c(Br)c1)N1CCOCC1. The van der Waals surface area contributed by atoms with E-state index in [2.05, 4.69) is 20.8 Å². The van der Waals surface area contributed by atoms with Crippen LogP contribution in [0.25, 0.3) is 0 Å². The number of ether oxygens (including phenoxy) is 1. The Kier molecular flexibility index (Phi) is 5.21. The summed E-state index contributed by atoms with van der Waals surface area (Å²) in [6.07, 6.45) is 0.0775. The fourth-order valence-electron chi connectivity index (χ4n) is 2.23.